The van der Waals surface area contributed by atoms with E-state index >= 15 is 0 Å². The SMILES string of the molecule is CCCOCCOc1cc(C)ncc1CNC(C)(C)C. The van der Waals surface area contributed by atoms with E-state index in [9.17, 15) is 0 Å². The number of ether oxygens (including phenoxy) is 2. The third-order valence-electron chi connectivity index (χ3n) is 2.72. The van der Waals surface area contributed by atoms with E-state index < -0.39 is 0 Å². The van der Waals surface area contributed by atoms with E-state index in [0.717, 1.165) is 36.6 Å². The molecule has 0 radical (unpaired) electrons. The normalized spacial score (nSPS) is 11.7. The molecule has 1 aromatic heterocycles. The quantitative estimate of drug-likeness (QED) is 0.743. The Morgan fingerprint density at radius 1 is 1.20 bits per heavy atom. The van der Waals surface area contributed by atoms with Gasteiger partial charge in [0.05, 0.1) is 6.61 Å². The number of nitrogens with zero attached hydrogens (tertiary/aromatic N) is 1. The topological polar surface area (TPSA) is 43.4 Å². The smallest absolute Gasteiger partial charge is 0.127 e. The zero-order valence-corrected chi connectivity index (χ0v) is 13.5. The second-order valence-corrected chi connectivity index (χ2v) is 6.00. The van der Waals surface area contributed by atoms with Crippen LogP contribution < -0.4 is 10.1 Å². The molecule has 4 nitrogen and oxygen atoms in total. The van der Waals surface area contributed by atoms with Crippen molar-refractivity contribution in [1.82, 2.24) is 10.3 Å². The molecule has 0 fully saturated rings. The molecule has 0 saturated heterocycles. The van der Waals surface area contributed by atoms with Gasteiger partial charge in [-0.1, -0.05) is 6.92 Å². The molecule has 20 heavy (non-hydrogen) atoms. The first-order valence-corrected chi connectivity index (χ1v) is 7.33. The summed E-state index contributed by atoms with van der Waals surface area (Å²) >= 11 is 0. The fourth-order valence-electron chi connectivity index (χ4n) is 1.65. The molecule has 0 saturated carbocycles. The lowest BCUT2D eigenvalue weighted by Gasteiger charge is -2.21. The van der Waals surface area contributed by atoms with Gasteiger partial charge < -0.3 is 14.8 Å². The monoisotopic (exact) mass is 280 g/mol. The lowest BCUT2D eigenvalue weighted by atomic mass is 10.1. The molecule has 0 aliphatic carbocycles. The second-order valence-electron chi connectivity index (χ2n) is 6.00. The minimum atomic E-state index is 0.0758. The van der Waals surface area contributed by atoms with Gasteiger partial charge in [0, 0.05) is 42.2 Å². The minimum absolute atomic E-state index is 0.0758. The van der Waals surface area contributed by atoms with Gasteiger partial charge in [0.1, 0.15) is 12.4 Å². The summed E-state index contributed by atoms with van der Waals surface area (Å²) in [6.45, 7) is 13.3. The Morgan fingerprint density at radius 3 is 2.60 bits per heavy atom. The average Bonchev–Trinajstić information content (AvgIpc) is 2.36. The first kappa shape index (κ1) is 16.9. The Morgan fingerprint density at radius 2 is 1.95 bits per heavy atom. The fraction of sp³-hybridized carbons (Fsp3) is 0.688. The number of aryl methyl sites for hydroxylation is 1. The van der Waals surface area contributed by atoms with Crippen molar-refractivity contribution in [1.29, 1.82) is 0 Å². The molecular formula is C16H28N2O2. The number of hydrogen-bond donors (Lipinski definition) is 1. The van der Waals surface area contributed by atoms with Crippen LogP contribution in [0.1, 0.15) is 45.4 Å². The first-order valence-electron chi connectivity index (χ1n) is 7.33. The lowest BCUT2D eigenvalue weighted by Crippen LogP contribution is -2.35. The van der Waals surface area contributed by atoms with Crippen LogP contribution in [0.3, 0.4) is 0 Å². The highest BCUT2D eigenvalue weighted by molar-refractivity contribution is 5.32. The molecule has 0 unspecified atom stereocenters. The van der Waals surface area contributed by atoms with Gasteiger partial charge in [-0.25, -0.2) is 0 Å². The molecule has 1 heterocycles. The largest absolute Gasteiger partial charge is 0.491 e. The fourth-order valence-corrected chi connectivity index (χ4v) is 1.65. The van der Waals surface area contributed by atoms with Crippen LogP contribution in [0.2, 0.25) is 0 Å². The van der Waals surface area contributed by atoms with Gasteiger partial charge in [0.25, 0.3) is 0 Å². The lowest BCUT2D eigenvalue weighted by molar-refractivity contribution is 0.100. The maximum absolute atomic E-state index is 5.82. The number of nitrogens with one attached hydrogen (secondary N) is 1. The Kier molecular flexibility index (Phi) is 6.96. The van der Waals surface area contributed by atoms with E-state index in [1.807, 2.05) is 19.2 Å². The highest BCUT2D eigenvalue weighted by atomic mass is 16.5. The van der Waals surface area contributed by atoms with Gasteiger partial charge in [-0.2, -0.15) is 0 Å². The van der Waals surface area contributed by atoms with Crippen molar-refractivity contribution in [2.24, 2.45) is 0 Å². The summed E-state index contributed by atoms with van der Waals surface area (Å²) in [5.74, 6) is 0.898. The van der Waals surface area contributed by atoms with E-state index in [2.05, 4.69) is 38.0 Å². The van der Waals surface area contributed by atoms with Crippen molar-refractivity contribution >= 4 is 0 Å². The summed E-state index contributed by atoms with van der Waals surface area (Å²) in [6.07, 6.45) is 2.92. The van der Waals surface area contributed by atoms with Gasteiger partial charge in [-0.3, -0.25) is 4.98 Å². The second kappa shape index (κ2) is 8.22. The van der Waals surface area contributed by atoms with E-state index in [1.54, 1.807) is 0 Å². The molecule has 1 N–H and O–H groups in total. The van der Waals surface area contributed by atoms with Crippen molar-refractivity contribution < 1.29 is 9.47 Å². The van der Waals surface area contributed by atoms with E-state index in [4.69, 9.17) is 9.47 Å². The summed E-state index contributed by atoms with van der Waals surface area (Å²) in [5.41, 5.74) is 2.13. The van der Waals surface area contributed by atoms with E-state index in [1.165, 1.54) is 0 Å². The molecule has 0 aliphatic heterocycles. The van der Waals surface area contributed by atoms with Crippen LogP contribution >= 0.6 is 0 Å². The summed E-state index contributed by atoms with van der Waals surface area (Å²) in [7, 11) is 0. The zero-order valence-electron chi connectivity index (χ0n) is 13.5. The molecule has 4 heteroatoms. The number of rotatable bonds is 8. The standard InChI is InChI=1S/C16H28N2O2/c1-6-7-19-8-9-20-15-10-13(2)17-11-14(15)12-18-16(3,4)5/h10-11,18H,6-9,12H2,1-5H3. The van der Waals surface area contributed by atoms with Gasteiger partial charge in [0.2, 0.25) is 0 Å². The van der Waals surface area contributed by atoms with Crippen LogP contribution in [0.5, 0.6) is 5.75 Å². The van der Waals surface area contributed by atoms with Gasteiger partial charge in [-0.15, -0.1) is 0 Å². The number of hydrogen-bond acceptors (Lipinski definition) is 4. The number of pyridine rings is 1. The van der Waals surface area contributed by atoms with Crippen LogP contribution in [0.4, 0.5) is 0 Å². The molecule has 1 aromatic rings. The van der Waals surface area contributed by atoms with Crippen molar-refractivity contribution in [2.45, 2.75) is 53.1 Å². The van der Waals surface area contributed by atoms with Crippen LogP contribution in [-0.2, 0) is 11.3 Å². The van der Waals surface area contributed by atoms with E-state index in [-0.39, 0.29) is 5.54 Å². The predicted octanol–water partition coefficient (Wildman–Crippen LogP) is 3.08. The van der Waals surface area contributed by atoms with Crippen molar-refractivity contribution in [3.8, 4) is 5.75 Å². The molecule has 0 spiro atoms. The molecule has 114 valence electrons. The van der Waals surface area contributed by atoms with Crippen LogP contribution in [0.15, 0.2) is 12.3 Å². The molecule has 0 atom stereocenters. The van der Waals surface area contributed by atoms with Crippen LogP contribution in [0, 0.1) is 6.92 Å². The molecule has 0 aliphatic rings. The molecule has 0 bridgehead atoms. The maximum atomic E-state index is 5.82. The summed E-state index contributed by atoms with van der Waals surface area (Å²) in [6, 6.07) is 1.99. The minimum Gasteiger partial charge on any atom is -0.491 e. The zero-order chi connectivity index (χ0) is 15.0. The molecule has 0 amide bonds. The molecule has 1 rings (SSSR count). The van der Waals surface area contributed by atoms with Crippen LogP contribution in [-0.4, -0.2) is 30.3 Å². The highest BCUT2D eigenvalue weighted by Gasteiger charge is 2.11. The predicted molar refractivity (Wildman–Crippen MR) is 82.2 cm³/mol. The Hall–Kier alpha value is -1.13. The van der Waals surface area contributed by atoms with E-state index in [0.29, 0.717) is 13.2 Å². The third kappa shape index (κ3) is 6.87. The summed E-state index contributed by atoms with van der Waals surface area (Å²) in [5, 5.41) is 3.46. The van der Waals surface area contributed by atoms with Crippen LogP contribution in [0.25, 0.3) is 0 Å². The molecule has 0 aromatic carbocycles. The van der Waals surface area contributed by atoms with Crippen molar-refractivity contribution in [2.75, 3.05) is 19.8 Å². The summed E-state index contributed by atoms with van der Waals surface area (Å²) in [4.78, 5) is 4.35. The Labute approximate surface area is 122 Å². The van der Waals surface area contributed by atoms with Gasteiger partial charge in [0.15, 0.2) is 0 Å². The Bertz CT molecular complexity index is 400. The highest BCUT2D eigenvalue weighted by Crippen LogP contribution is 2.19. The number of aromatic nitrogens is 1. The first-order chi connectivity index (χ1) is 9.42. The van der Waals surface area contributed by atoms with Crippen molar-refractivity contribution in [3.63, 3.8) is 0 Å². The molecular weight excluding hydrogens is 252 g/mol. The maximum Gasteiger partial charge on any atom is 0.127 e. The van der Waals surface area contributed by atoms with Crippen molar-refractivity contribution in [3.05, 3.63) is 23.5 Å². The van der Waals surface area contributed by atoms with Gasteiger partial charge >= 0.3 is 0 Å². The summed E-state index contributed by atoms with van der Waals surface area (Å²) < 4.78 is 11.3. The third-order valence-corrected chi connectivity index (χ3v) is 2.72. The average molecular weight is 280 g/mol. The Balaban J connectivity index is 2.56. The van der Waals surface area contributed by atoms with Gasteiger partial charge in [-0.05, 0) is 34.1 Å².